The zero-order valence-corrected chi connectivity index (χ0v) is 11.8. The standard InChI is InChI=1S/C14H26N2O2/c1-10-5-4-6-12(15-10)13(17)16-11-7-8-18-14(2,3)9-11/h10-12,15H,4-9H2,1-3H3,(H,16,17). The minimum Gasteiger partial charge on any atom is -0.375 e. The molecule has 0 aromatic carbocycles. The zero-order chi connectivity index (χ0) is 13.2. The van der Waals surface area contributed by atoms with E-state index in [1.165, 1.54) is 6.42 Å². The summed E-state index contributed by atoms with van der Waals surface area (Å²) in [5.74, 6) is 0.171. The molecule has 4 nitrogen and oxygen atoms in total. The molecule has 4 heteroatoms. The lowest BCUT2D eigenvalue weighted by Gasteiger charge is -2.37. The van der Waals surface area contributed by atoms with E-state index in [-0.39, 0.29) is 23.6 Å². The molecule has 0 saturated carbocycles. The molecule has 0 spiro atoms. The van der Waals surface area contributed by atoms with Crippen LogP contribution in [-0.2, 0) is 9.53 Å². The van der Waals surface area contributed by atoms with E-state index in [4.69, 9.17) is 4.74 Å². The molecule has 2 rings (SSSR count). The molecule has 2 aliphatic rings. The van der Waals surface area contributed by atoms with Gasteiger partial charge in [-0.2, -0.15) is 0 Å². The highest BCUT2D eigenvalue weighted by Crippen LogP contribution is 2.24. The number of rotatable bonds is 2. The Balaban J connectivity index is 1.83. The lowest BCUT2D eigenvalue weighted by Crippen LogP contribution is -2.54. The quantitative estimate of drug-likeness (QED) is 0.787. The predicted octanol–water partition coefficient (Wildman–Crippen LogP) is 1.59. The molecule has 3 unspecified atom stereocenters. The maximum atomic E-state index is 12.2. The van der Waals surface area contributed by atoms with Gasteiger partial charge >= 0.3 is 0 Å². The van der Waals surface area contributed by atoms with Crippen LogP contribution in [0.15, 0.2) is 0 Å². The van der Waals surface area contributed by atoms with Gasteiger partial charge in [-0.15, -0.1) is 0 Å². The van der Waals surface area contributed by atoms with Crippen molar-refractivity contribution in [3.8, 4) is 0 Å². The Labute approximate surface area is 110 Å². The number of carbonyl (C=O) groups is 1. The first-order valence-corrected chi connectivity index (χ1v) is 7.17. The molecule has 2 heterocycles. The zero-order valence-electron chi connectivity index (χ0n) is 11.8. The van der Waals surface area contributed by atoms with Crippen LogP contribution in [0, 0.1) is 0 Å². The Hall–Kier alpha value is -0.610. The summed E-state index contributed by atoms with van der Waals surface area (Å²) in [4.78, 5) is 12.2. The number of nitrogens with one attached hydrogen (secondary N) is 2. The summed E-state index contributed by atoms with van der Waals surface area (Å²) in [6.45, 7) is 7.07. The Morgan fingerprint density at radius 1 is 1.33 bits per heavy atom. The van der Waals surface area contributed by atoms with E-state index in [0.29, 0.717) is 6.04 Å². The van der Waals surface area contributed by atoms with E-state index in [1.54, 1.807) is 0 Å². The smallest absolute Gasteiger partial charge is 0.237 e. The first-order valence-electron chi connectivity index (χ1n) is 7.17. The highest BCUT2D eigenvalue weighted by Gasteiger charge is 2.32. The van der Waals surface area contributed by atoms with E-state index in [1.807, 2.05) is 0 Å². The van der Waals surface area contributed by atoms with Crippen LogP contribution in [0.1, 0.15) is 52.9 Å². The average molecular weight is 254 g/mol. The fraction of sp³-hybridized carbons (Fsp3) is 0.929. The molecular weight excluding hydrogens is 228 g/mol. The second-order valence-electron chi connectivity index (χ2n) is 6.36. The fourth-order valence-electron chi connectivity index (χ4n) is 3.00. The first-order chi connectivity index (χ1) is 8.46. The molecule has 0 aliphatic carbocycles. The predicted molar refractivity (Wildman–Crippen MR) is 71.4 cm³/mol. The van der Waals surface area contributed by atoms with Crippen molar-refractivity contribution in [2.45, 2.75) is 76.6 Å². The van der Waals surface area contributed by atoms with Crippen LogP contribution in [-0.4, -0.2) is 36.2 Å². The topological polar surface area (TPSA) is 50.4 Å². The second kappa shape index (κ2) is 5.57. The highest BCUT2D eigenvalue weighted by molar-refractivity contribution is 5.82. The molecule has 3 atom stereocenters. The lowest BCUT2D eigenvalue weighted by molar-refractivity contribution is -0.127. The summed E-state index contributed by atoms with van der Waals surface area (Å²) in [5, 5.41) is 6.57. The van der Waals surface area contributed by atoms with E-state index in [2.05, 4.69) is 31.4 Å². The molecule has 1 amide bonds. The highest BCUT2D eigenvalue weighted by atomic mass is 16.5. The number of hydrogen-bond acceptors (Lipinski definition) is 3. The molecule has 2 saturated heterocycles. The summed E-state index contributed by atoms with van der Waals surface area (Å²) in [5.41, 5.74) is -0.108. The lowest BCUT2D eigenvalue weighted by atomic mass is 9.93. The molecule has 104 valence electrons. The Kier molecular flexibility index (Phi) is 4.28. The molecule has 0 aromatic heterocycles. The van der Waals surface area contributed by atoms with Crippen LogP contribution in [0.25, 0.3) is 0 Å². The van der Waals surface area contributed by atoms with Gasteiger partial charge in [0, 0.05) is 18.7 Å². The van der Waals surface area contributed by atoms with E-state index in [9.17, 15) is 4.79 Å². The fourth-order valence-corrected chi connectivity index (χ4v) is 3.00. The van der Waals surface area contributed by atoms with Crippen LogP contribution >= 0.6 is 0 Å². The largest absolute Gasteiger partial charge is 0.375 e. The Bertz CT molecular complexity index is 304. The maximum absolute atomic E-state index is 12.2. The normalized spacial score (nSPS) is 36.1. The summed E-state index contributed by atoms with van der Waals surface area (Å²) in [6, 6.07) is 0.723. The second-order valence-corrected chi connectivity index (χ2v) is 6.36. The first kappa shape index (κ1) is 13.8. The van der Waals surface area contributed by atoms with Crippen molar-refractivity contribution < 1.29 is 9.53 Å². The third kappa shape index (κ3) is 3.69. The molecular formula is C14H26N2O2. The van der Waals surface area contributed by atoms with Crippen LogP contribution < -0.4 is 10.6 Å². The maximum Gasteiger partial charge on any atom is 0.237 e. The van der Waals surface area contributed by atoms with Crippen LogP contribution in [0.3, 0.4) is 0 Å². The van der Waals surface area contributed by atoms with Gasteiger partial charge in [0.05, 0.1) is 11.6 Å². The van der Waals surface area contributed by atoms with Gasteiger partial charge in [0.15, 0.2) is 0 Å². The Morgan fingerprint density at radius 2 is 2.11 bits per heavy atom. The van der Waals surface area contributed by atoms with Gasteiger partial charge in [-0.05, 0) is 52.9 Å². The van der Waals surface area contributed by atoms with Gasteiger partial charge in [0.2, 0.25) is 5.91 Å². The van der Waals surface area contributed by atoms with Crippen LogP contribution in [0.2, 0.25) is 0 Å². The molecule has 2 aliphatic heterocycles. The van der Waals surface area contributed by atoms with Crippen molar-refractivity contribution in [1.29, 1.82) is 0 Å². The van der Waals surface area contributed by atoms with Crippen LogP contribution in [0.4, 0.5) is 0 Å². The number of piperidine rings is 1. The summed E-state index contributed by atoms with van der Waals surface area (Å²) < 4.78 is 5.67. The number of amides is 1. The average Bonchev–Trinajstić information content (AvgIpc) is 2.27. The number of carbonyl (C=O) groups excluding carboxylic acids is 1. The van der Waals surface area contributed by atoms with E-state index < -0.39 is 0 Å². The van der Waals surface area contributed by atoms with Crippen molar-refractivity contribution in [2.75, 3.05) is 6.61 Å². The minimum atomic E-state index is -0.108. The molecule has 0 aromatic rings. The third-order valence-electron chi connectivity index (χ3n) is 3.98. The summed E-state index contributed by atoms with van der Waals surface area (Å²) in [6.07, 6.45) is 5.11. The third-order valence-corrected chi connectivity index (χ3v) is 3.98. The van der Waals surface area contributed by atoms with Gasteiger partial charge in [0.25, 0.3) is 0 Å². The van der Waals surface area contributed by atoms with Crippen molar-refractivity contribution in [3.63, 3.8) is 0 Å². The van der Waals surface area contributed by atoms with Crippen molar-refractivity contribution in [3.05, 3.63) is 0 Å². The number of hydrogen-bond donors (Lipinski definition) is 2. The molecule has 2 N–H and O–H groups in total. The van der Waals surface area contributed by atoms with Gasteiger partial charge in [0.1, 0.15) is 0 Å². The molecule has 18 heavy (non-hydrogen) atoms. The van der Waals surface area contributed by atoms with Crippen molar-refractivity contribution >= 4 is 5.91 Å². The molecule has 0 bridgehead atoms. The van der Waals surface area contributed by atoms with Gasteiger partial charge < -0.3 is 15.4 Å². The Morgan fingerprint density at radius 3 is 2.78 bits per heavy atom. The number of ether oxygens (including phenoxy) is 1. The minimum absolute atomic E-state index is 0.000271. The molecule has 0 radical (unpaired) electrons. The van der Waals surface area contributed by atoms with E-state index >= 15 is 0 Å². The van der Waals surface area contributed by atoms with Gasteiger partial charge in [-0.25, -0.2) is 0 Å². The summed E-state index contributed by atoms with van der Waals surface area (Å²) >= 11 is 0. The van der Waals surface area contributed by atoms with Crippen molar-refractivity contribution in [2.24, 2.45) is 0 Å². The van der Waals surface area contributed by atoms with Gasteiger partial charge in [-0.3, -0.25) is 4.79 Å². The molecule has 2 fully saturated rings. The van der Waals surface area contributed by atoms with Gasteiger partial charge in [-0.1, -0.05) is 0 Å². The van der Waals surface area contributed by atoms with Crippen molar-refractivity contribution in [1.82, 2.24) is 10.6 Å². The monoisotopic (exact) mass is 254 g/mol. The van der Waals surface area contributed by atoms with Crippen LogP contribution in [0.5, 0.6) is 0 Å². The summed E-state index contributed by atoms with van der Waals surface area (Å²) in [7, 11) is 0. The van der Waals surface area contributed by atoms with E-state index in [0.717, 1.165) is 32.3 Å². The SMILES string of the molecule is CC1CCCC(C(=O)NC2CCOC(C)(C)C2)N1.